The highest BCUT2D eigenvalue weighted by Crippen LogP contribution is 2.19. The van der Waals surface area contributed by atoms with Crippen LogP contribution in [0, 0.1) is 5.82 Å². The molecule has 1 nitrogen and oxygen atoms in total. The van der Waals surface area contributed by atoms with E-state index in [9.17, 15) is 9.18 Å². The van der Waals surface area contributed by atoms with Crippen LogP contribution >= 0.6 is 15.9 Å². The Bertz CT molecular complexity index is 325. The molecule has 0 heterocycles. The van der Waals surface area contributed by atoms with E-state index in [0.29, 0.717) is 17.3 Å². The van der Waals surface area contributed by atoms with Crippen LogP contribution in [0.5, 0.6) is 0 Å². The van der Waals surface area contributed by atoms with Crippen molar-refractivity contribution in [2.45, 2.75) is 19.3 Å². The maximum Gasteiger partial charge on any atom is 0.128 e. The molecule has 0 spiro atoms. The lowest BCUT2D eigenvalue weighted by Gasteiger charge is -2.08. The van der Waals surface area contributed by atoms with Crippen molar-refractivity contribution in [2.75, 3.05) is 5.33 Å². The lowest BCUT2D eigenvalue weighted by atomic mass is 10.00. The van der Waals surface area contributed by atoms with Gasteiger partial charge in [-0.2, -0.15) is 0 Å². The van der Waals surface area contributed by atoms with E-state index in [1.54, 1.807) is 6.07 Å². The van der Waals surface area contributed by atoms with E-state index in [0.717, 1.165) is 11.8 Å². The Morgan fingerprint density at radius 2 is 2.29 bits per heavy atom. The number of rotatable bonds is 4. The van der Waals surface area contributed by atoms with E-state index in [2.05, 4.69) is 15.9 Å². The molecule has 1 aromatic carbocycles. The first-order chi connectivity index (χ1) is 6.72. The zero-order valence-electron chi connectivity index (χ0n) is 7.97. The van der Waals surface area contributed by atoms with Gasteiger partial charge in [0.1, 0.15) is 12.1 Å². The average Bonchev–Trinajstić information content (AvgIpc) is 2.20. The maximum atomic E-state index is 13.4. The lowest BCUT2D eigenvalue weighted by molar-refractivity contribution is -0.108. The van der Waals surface area contributed by atoms with Gasteiger partial charge in [-0.25, -0.2) is 4.39 Å². The molecule has 0 aromatic heterocycles. The summed E-state index contributed by atoms with van der Waals surface area (Å²) < 4.78 is 13.4. The third-order valence-electron chi connectivity index (χ3n) is 2.22. The minimum absolute atomic E-state index is 0.224. The largest absolute Gasteiger partial charge is 0.303 e. The molecule has 0 fully saturated rings. The molecule has 76 valence electrons. The van der Waals surface area contributed by atoms with Gasteiger partial charge in [0.15, 0.2) is 0 Å². The minimum Gasteiger partial charge on any atom is -0.303 e. The van der Waals surface area contributed by atoms with E-state index in [1.165, 1.54) is 6.07 Å². The molecule has 0 N–H and O–H groups in total. The van der Waals surface area contributed by atoms with E-state index in [-0.39, 0.29) is 11.7 Å². The number of hydrogen-bond acceptors (Lipinski definition) is 1. The Balaban J connectivity index is 3.01. The third kappa shape index (κ3) is 2.41. The molecule has 1 unspecified atom stereocenters. The minimum atomic E-state index is -0.254. The van der Waals surface area contributed by atoms with Crippen molar-refractivity contribution in [3.63, 3.8) is 0 Å². The quantitative estimate of drug-likeness (QED) is 0.600. The van der Waals surface area contributed by atoms with E-state index in [4.69, 9.17) is 0 Å². The van der Waals surface area contributed by atoms with Gasteiger partial charge in [-0.05, 0) is 23.6 Å². The van der Waals surface area contributed by atoms with Gasteiger partial charge in [-0.15, -0.1) is 0 Å². The molecule has 0 aliphatic heterocycles. The van der Waals surface area contributed by atoms with Crippen molar-refractivity contribution in [3.8, 4) is 0 Å². The van der Waals surface area contributed by atoms with Crippen LogP contribution in [0.4, 0.5) is 4.39 Å². The van der Waals surface area contributed by atoms with Gasteiger partial charge in [0.05, 0.1) is 0 Å². The smallest absolute Gasteiger partial charge is 0.128 e. The molecule has 0 bridgehead atoms. The summed E-state index contributed by atoms with van der Waals surface area (Å²) >= 11 is 3.22. The molecule has 0 saturated heterocycles. The van der Waals surface area contributed by atoms with Crippen LogP contribution in [0.25, 0.3) is 0 Å². The summed E-state index contributed by atoms with van der Waals surface area (Å²) in [4.78, 5) is 10.6. The first-order valence-electron chi connectivity index (χ1n) is 4.52. The summed E-state index contributed by atoms with van der Waals surface area (Å²) in [7, 11) is 0. The zero-order valence-corrected chi connectivity index (χ0v) is 9.55. The average molecular weight is 259 g/mol. The van der Waals surface area contributed by atoms with Crippen molar-refractivity contribution in [1.82, 2.24) is 0 Å². The second-order valence-corrected chi connectivity index (χ2v) is 3.75. The van der Waals surface area contributed by atoms with Crippen molar-refractivity contribution in [3.05, 3.63) is 35.1 Å². The number of alkyl halides is 1. The Morgan fingerprint density at radius 1 is 1.57 bits per heavy atom. The number of halogens is 2. The van der Waals surface area contributed by atoms with Crippen molar-refractivity contribution in [2.24, 2.45) is 0 Å². The lowest BCUT2D eigenvalue weighted by Crippen LogP contribution is -2.02. The Labute approximate surface area is 91.5 Å². The molecule has 0 aliphatic rings. The van der Waals surface area contributed by atoms with E-state index in [1.807, 2.05) is 13.0 Å². The zero-order chi connectivity index (χ0) is 10.6. The second kappa shape index (κ2) is 5.25. The number of hydrogen-bond donors (Lipinski definition) is 0. The van der Waals surface area contributed by atoms with Gasteiger partial charge in [-0.1, -0.05) is 35.0 Å². The van der Waals surface area contributed by atoms with Gasteiger partial charge in [-0.3, -0.25) is 0 Å². The van der Waals surface area contributed by atoms with Crippen LogP contribution in [-0.2, 0) is 11.2 Å². The van der Waals surface area contributed by atoms with Crippen molar-refractivity contribution in [1.29, 1.82) is 0 Å². The molecule has 1 aromatic rings. The highest BCUT2D eigenvalue weighted by Gasteiger charge is 2.10. The molecule has 0 radical (unpaired) electrons. The summed E-state index contributed by atoms with van der Waals surface area (Å²) in [5.41, 5.74) is 1.42. The van der Waals surface area contributed by atoms with Gasteiger partial charge in [0.25, 0.3) is 0 Å². The number of aryl methyl sites for hydroxylation is 1. The topological polar surface area (TPSA) is 17.1 Å². The SMILES string of the molecule is CCc1ccc(C(C=O)CBr)cc1F. The highest BCUT2D eigenvalue weighted by molar-refractivity contribution is 9.09. The van der Waals surface area contributed by atoms with Crippen LogP contribution in [0.2, 0.25) is 0 Å². The molecule has 1 rings (SSSR count). The van der Waals surface area contributed by atoms with Crippen LogP contribution in [0.3, 0.4) is 0 Å². The summed E-state index contributed by atoms with van der Waals surface area (Å²) in [6.07, 6.45) is 1.50. The molecule has 1 atom stereocenters. The van der Waals surface area contributed by atoms with Gasteiger partial charge >= 0.3 is 0 Å². The molecular formula is C11H12BrFO. The van der Waals surface area contributed by atoms with E-state index >= 15 is 0 Å². The predicted octanol–water partition coefficient (Wildman–Crippen LogP) is 3.07. The Kier molecular flexibility index (Phi) is 4.26. The van der Waals surface area contributed by atoms with Crippen LogP contribution in [-0.4, -0.2) is 11.6 Å². The van der Waals surface area contributed by atoms with Gasteiger partial charge < -0.3 is 4.79 Å². The predicted molar refractivity (Wildman–Crippen MR) is 58.4 cm³/mol. The normalized spacial score (nSPS) is 12.5. The summed E-state index contributed by atoms with van der Waals surface area (Å²) in [5.74, 6) is -0.479. The monoisotopic (exact) mass is 258 g/mol. The van der Waals surface area contributed by atoms with Crippen LogP contribution < -0.4 is 0 Å². The fourth-order valence-corrected chi connectivity index (χ4v) is 1.81. The second-order valence-electron chi connectivity index (χ2n) is 3.10. The fourth-order valence-electron chi connectivity index (χ4n) is 1.28. The summed E-state index contributed by atoms with van der Waals surface area (Å²) in [6, 6.07) is 4.99. The maximum absolute atomic E-state index is 13.4. The Hall–Kier alpha value is -0.700. The number of carbonyl (C=O) groups is 1. The number of benzene rings is 1. The molecule has 0 amide bonds. The molecular weight excluding hydrogens is 247 g/mol. The molecule has 0 aliphatic carbocycles. The Morgan fingerprint density at radius 3 is 2.71 bits per heavy atom. The van der Waals surface area contributed by atoms with Gasteiger partial charge in [0, 0.05) is 11.2 Å². The van der Waals surface area contributed by atoms with Crippen molar-refractivity contribution >= 4 is 22.2 Å². The van der Waals surface area contributed by atoms with Crippen molar-refractivity contribution < 1.29 is 9.18 Å². The first kappa shape index (κ1) is 11.4. The third-order valence-corrected chi connectivity index (χ3v) is 2.91. The molecule has 14 heavy (non-hydrogen) atoms. The van der Waals surface area contributed by atoms with Crippen LogP contribution in [0.1, 0.15) is 24.0 Å². The van der Waals surface area contributed by atoms with Crippen LogP contribution in [0.15, 0.2) is 18.2 Å². The fraction of sp³-hybridized carbons (Fsp3) is 0.364. The number of aldehydes is 1. The van der Waals surface area contributed by atoms with Gasteiger partial charge in [0.2, 0.25) is 0 Å². The number of carbonyl (C=O) groups excluding carboxylic acids is 1. The summed E-state index contributed by atoms with van der Waals surface area (Å²) in [5, 5.41) is 0.529. The van der Waals surface area contributed by atoms with E-state index < -0.39 is 0 Å². The summed E-state index contributed by atoms with van der Waals surface area (Å²) in [6.45, 7) is 1.90. The highest BCUT2D eigenvalue weighted by atomic mass is 79.9. The first-order valence-corrected chi connectivity index (χ1v) is 5.64. The molecule has 0 saturated carbocycles. The standard InChI is InChI=1S/C11H12BrFO/c1-2-8-3-4-9(5-11(8)13)10(6-12)7-14/h3-5,7,10H,2,6H2,1H3. The molecule has 3 heteroatoms.